The number of halogens is 2. The SMILES string of the molecule is NNc1cc(Oc2c(Cl)cc([N+](=O)[O-])cc2Cl)ccn1. The Bertz CT molecular complexity index is 643. The number of hydrazine groups is 1. The van der Waals surface area contributed by atoms with Gasteiger partial charge in [-0.1, -0.05) is 23.2 Å². The molecule has 0 bridgehead atoms. The number of aromatic nitrogens is 1. The van der Waals surface area contributed by atoms with Gasteiger partial charge in [0.25, 0.3) is 5.69 Å². The van der Waals surface area contributed by atoms with Gasteiger partial charge in [0, 0.05) is 24.4 Å². The Kier molecular flexibility index (Phi) is 4.23. The maximum atomic E-state index is 10.7. The van der Waals surface area contributed by atoms with Gasteiger partial charge in [0.15, 0.2) is 5.75 Å². The number of rotatable bonds is 4. The van der Waals surface area contributed by atoms with E-state index in [1.165, 1.54) is 12.3 Å². The molecule has 1 aromatic carbocycles. The number of hydrogen-bond donors (Lipinski definition) is 2. The molecule has 0 fully saturated rings. The summed E-state index contributed by atoms with van der Waals surface area (Å²) in [5.41, 5.74) is 2.14. The Hall–Kier alpha value is -2.09. The normalized spacial score (nSPS) is 10.2. The molecule has 1 heterocycles. The molecule has 9 heteroatoms. The van der Waals surface area contributed by atoms with Crippen LogP contribution in [0.3, 0.4) is 0 Å². The third kappa shape index (κ3) is 3.08. The van der Waals surface area contributed by atoms with Gasteiger partial charge >= 0.3 is 0 Å². The molecule has 0 aliphatic heterocycles. The summed E-state index contributed by atoms with van der Waals surface area (Å²) in [5, 5.41) is 10.7. The molecule has 20 heavy (non-hydrogen) atoms. The van der Waals surface area contributed by atoms with E-state index in [2.05, 4.69) is 10.4 Å². The average molecular weight is 315 g/mol. The van der Waals surface area contributed by atoms with E-state index in [9.17, 15) is 10.1 Å². The summed E-state index contributed by atoms with van der Waals surface area (Å²) in [6.45, 7) is 0. The van der Waals surface area contributed by atoms with E-state index in [1.54, 1.807) is 6.07 Å². The largest absolute Gasteiger partial charge is 0.454 e. The van der Waals surface area contributed by atoms with Crippen LogP contribution in [0.1, 0.15) is 0 Å². The highest BCUT2D eigenvalue weighted by Gasteiger charge is 2.16. The quantitative estimate of drug-likeness (QED) is 0.509. The van der Waals surface area contributed by atoms with Crippen LogP contribution in [0.2, 0.25) is 10.0 Å². The number of pyridine rings is 1. The van der Waals surface area contributed by atoms with Crippen molar-refractivity contribution < 1.29 is 9.66 Å². The van der Waals surface area contributed by atoms with Gasteiger partial charge in [0.1, 0.15) is 11.6 Å². The Morgan fingerprint density at radius 2 is 1.95 bits per heavy atom. The van der Waals surface area contributed by atoms with E-state index >= 15 is 0 Å². The fourth-order valence-electron chi connectivity index (χ4n) is 1.42. The molecular weight excluding hydrogens is 307 g/mol. The van der Waals surface area contributed by atoms with Gasteiger partial charge in [-0.05, 0) is 6.07 Å². The van der Waals surface area contributed by atoms with Gasteiger partial charge < -0.3 is 10.2 Å². The first kappa shape index (κ1) is 14.3. The van der Waals surface area contributed by atoms with E-state index in [-0.39, 0.29) is 21.5 Å². The maximum absolute atomic E-state index is 10.7. The number of nitrogens with one attached hydrogen (secondary N) is 1. The second-order valence-electron chi connectivity index (χ2n) is 3.62. The zero-order valence-electron chi connectivity index (χ0n) is 9.84. The molecule has 0 spiro atoms. The number of hydrogen-bond acceptors (Lipinski definition) is 6. The van der Waals surface area contributed by atoms with Crippen molar-refractivity contribution in [2.24, 2.45) is 5.84 Å². The Labute approximate surface area is 123 Å². The molecule has 7 nitrogen and oxygen atoms in total. The lowest BCUT2D eigenvalue weighted by Crippen LogP contribution is -2.08. The first-order valence-corrected chi connectivity index (χ1v) is 6.01. The zero-order valence-corrected chi connectivity index (χ0v) is 11.4. The third-order valence-electron chi connectivity index (χ3n) is 2.29. The molecule has 0 atom stereocenters. The fraction of sp³-hybridized carbons (Fsp3) is 0. The fourth-order valence-corrected chi connectivity index (χ4v) is 1.97. The molecule has 0 aliphatic rings. The Morgan fingerprint density at radius 3 is 2.50 bits per heavy atom. The van der Waals surface area contributed by atoms with Crippen LogP contribution in [0.15, 0.2) is 30.5 Å². The van der Waals surface area contributed by atoms with Crippen LogP contribution in [-0.4, -0.2) is 9.91 Å². The van der Waals surface area contributed by atoms with Crippen molar-refractivity contribution in [1.29, 1.82) is 0 Å². The van der Waals surface area contributed by atoms with Crippen molar-refractivity contribution in [3.63, 3.8) is 0 Å². The molecule has 0 saturated carbocycles. The number of non-ortho nitro benzene ring substituents is 1. The molecule has 0 saturated heterocycles. The molecule has 2 aromatic rings. The van der Waals surface area contributed by atoms with Gasteiger partial charge in [0.2, 0.25) is 0 Å². The summed E-state index contributed by atoms with van der Waals surface area (Å²) >= 11 is 11.9. The van der Waals surface area contributed by atoms with Crippen LogP contribution in [0.4, 0.5) is 11.5 Å². The van der Waals surface area contributed by atoms with Gasteiger partial charge in [-0.15, -0.1) is 0 Å². The van der Waals surface area contributed by atoms with Crippen molar-refractivity contribution in [3.8, 4) is 11.5 Å². The second-order valence-corrected chi connectivity index (χ2v) is 4.43. The summed E-state index contributed by atoms with van der Waals surface area (Å²) in [7, 11) is 0. The summed E-state index contributed by atoms with van der Waals surface area (Å²) in [4.78, 5) is 14.0. The predicted molar refractivity (Wildman–Crippen MR) is 75.2 cm³/mol. The Balaban J connectivity index is 2.36. The molecule has 0 aliphatic carbocycles. The van der Waals surface area contributed by atoms with Crippen molar-refractivity contribution in [2.45, 2.75) is 0 Å². The highest BCUT2D eigenvalue weighted by atomic mass is 35.5. The molecule has 0 unspecified atom stereocenters. The van der Waals surface area contributed by atoms with Gasteiger partial charge in [0.05, 0.1) is 15.0 Å². The number of benzene rings is 1. The third-order valence-corrected chi connectivity index (χ3v) is 2.85. The lowest BCUT2D eigenvalue weighted by Gasteiger charge is -2.10. The van der Waals surface area contributed by atoms with Gasteiger partial charge in [-0.3, -0.25) is 10.1 Å². The van der Waals surface area contributed by atoms with E-state index in [1.807, 2.05) is 0 Å². The van der Waals surface area contributed by atoms with Crippen LogP contribution in [0.5, 0.6) is 11.5 Å². The van der Waals surface area contributed by atoms with E-state index in [0.29, 0.717) is 11.6 Å². The number of nitro benzene ring substituents is 1. The molecule has 1 aromatic heterocycles. The highest BCUT2D eigenvalue weighted by Crippen LogP contribution is 2.39. The standard InChI is InChI=1S/C11H8Cl2N4O3/c12-8-3-6(17(18)19)4-9(13)11(8)20-7-1-2-15-10(5-7)16-14/h1-5H,14H2,(H,15,16). The van der Waals surface area contributed by atoms with Crippen molar-refractivity contribution in [2.75, 3.05) is 5.43 Å². The van der Waals surface area contributed by atoms with Crippen LogP contribution in [-0.2, 0) is 0 Å². The monoisotopic (exact) mass is 314 g/mol. The number of nitrogens with two attached hydrogens (primary N) is 1. The molecule has 104 valence electrons. The minimum atomic E-state index is -0.593. The van der Waals surface area contributed by atoms with Crippen molar-refractivity contribution in [3.05, 3.63) is 50.6 Å². The van der Waals surface area contributed by atoms with Crippen molar-refractivity contribution in [1.82, 2.24) is 4.98 Å². The number of ether oxygens (including phenoxy) is 1. The summed E-state index contributed by atoms with van der Waals surface area (Å²) in [5.74, 6) is 6.11. The molecule has 0 radical (unpaired) electrons. The van der Waals surface area contributed by atoms with E-state index < -0.39 is 4.92 Å². The van der Waals surface area contributed by atoms with Crippen LogP contribution in [0.25, 0.3) is 0 Å². The van der Waals surface area contributed by atoms with Crippen LogP contribution >= 0.6 is 23.2 Å². The predicted octanol–water partition coefficient (Wildman–Crippen LogP) is 3.37. The first-order valence-electron chi connectivity index (χ1n) is 5.25. The van der Waals surface area contributed by atoms with E-state index in [4.69, 9.17) is 33.8 Å². The Morgan fingerprint density at radius 1 is 1.30 bits per heavy atom. The molecule has 2 rings (SSSR count). The minimum Gasteiger partial charge on any atom is -0.454 e. The van der Waals surface area contributed by atoms with Crippen LogP contribution < -0.4 is 16.0 Å². The number of nitrogen functional groups attached to an aromatic ring is 1. The van der Waals surface area contributed by atoms with Crippen LogP contribution in [0, 0.1) is 10.1 Å². The summed E-state index contributed by atoms with van der Waals surface area (Å²) < 4.78 is 5.50. The number of anilines is 1. The lowest BCUT2D eigenvalue weighted by molar-refractivity contribution is -0.384. The van der Waals surface area contributed by atoms with Gasteiger partial charge in [-0.2, -0.15) is 0 Å². The number of nitro groups is 1. The second kappa shape index (κ2) is 5.91. The zero-order chi connectivity index (χ0) is 14.7. The summed E-state index contributed by atoms with van der Waals surface area (Å²) in [6.07, 6.45) is 1.47. The maximum Gasteiger partial charge on any atom is 0.272 e. The number of nitrogens with zero attached hydrogens (tertiary/aromatic N) is 2. The molecular formula is C11H8Cl2N4O3. The summed E-state index contributed by atoms with van der Waals surface area (Å²) in [6, 6.07) is 5.40. The lowest BCUT2D eigenvalue weighted by atomic mass is 10.3. The molecule has 0 amide bonds. The highest BCUT2D eigenvalue weighted by molar-refractivity contribution is 6.37. The minimum absolute atomic E-state index is 0.0308. The first-order chi connectivity index (χ1) is 9.51. The smallest absolute Gasteiger partial charge is 0.272 e. The van der Waals surface area contributed by atoms with Gasteiger partial charge in [-0.25, -0.2) is 10.8 Å². The topological polar surface area (TPSA) is 103 Å². The average Bonchev–Trinajstić information content (AvgIpc) is 2.42. The van der Waals surface area contributed by atoms with E-state index in [0.717, 1.165) is 12.1 Å². The molecule has 3 N–H and O–H groups in total. The van der Waals surface area contributed by atoms with Crippen molar-refractivity contribution >= 4 is 34.7 Å².